The Morgan fingerprint density at radius 2 is 2.30 bits per heavy atom. The molecule has 1 aromatic carbocycles. The molecule has 0 amide bonds. The maximum Gasteiger partial charge on any atom is 0.336 e. The zero-order valence-corrected chi connectivity index (χ0v) is 12.4. The highest BCUT2D eigenvalue weighted by atomic mass is 32.1. The summed E-state index contributed by atoms with van der Waals surface area (Å²) in [5.41, 5.74) is 8.64. The van der Waals surface area contributed by atoms with Crippen molar-refractivity contribution in [1.29, 1.82) is 0 Å². The third kappa shape index (κ3) is 3.08. The highest BCUT2D eigenvalue weighted by molar-refractivity contribution is 7.80. The Hall–Kier alpha value is -1.66. The first-order valence-corrected chi connectivity index (χ1v) is 6.78. The van der Waals surface area contributed by atoms with Crippen LogP contribution in [0.2, 0.25) is 0 Å². The highest BCUT2D eigenvalue weighted by Gasteiger charge is 2.28. The van der Waals surface area contributed by atoms with Crippen molar-refractivity contribution in [3.05, 3.63) is 29.3 Å². The van der Waals surface area contributed by atoms with E-state index >= 15 is 0 Å². The molecule has 1 saturated heterocycles. The van der Waals surface area contributed by atoms with Crippen LogP contribution in [0.15, 0.2) is 18.2 Å². The van der Waals surface area contributed by atoms with E-state index in [1.54, 1.807) is 0 Å². The summed E-state index contributed by atoms with van der Waals surface area (Å²) >= 11 is 5.11. The summed E-state index contributed by atoms with van der Waals surface area (Å²) < 4.78 is 10.2. The number of hydrogen-bond donors (Lipinski definition) is 1. The van der Waals surface area contributed by atoms with Crippen molar-refractivity contribution in [3.63, 3.8) is 0 Å². The number of carbonyl (C=O) groups is 1. The van der Waals surface area contributed by atoms with Crippen molar-refractivity contribution < 1.29 is 14.3 Å². The van der Waals surface area contributed by atoms with Gasteiger partial charge in [0.1, 0.15) is 4.99 Å². The number of esters is 1. The number of thiocarbonyl (C=S) groups is 1. The molecule has 0 bridgehead atoms. The molecular formula is C14H18N2O3S. The first kappa shape index (κ1) is 14.7. The second kappa shape index (κ2) is 6.19. The number of aryl methyl sites for hydroxylation is 1. The fraction of sp³-hybridized carbons (Fsp3) is 0.429. The molecule has 6 heteroatoms. The number of nitrogens with two attached hydrogens (primary N) is 1. The van der Waals surface area contributed by atoms with E-state index in [4.69, 9.17) is 27.4 Å². The maximum absolute atomic E-state index is 11.6. The van der Waals surface area contributed by atoms with E-state index in [1.807, 2.05) is 25.1 Å². The molecule has 1 aliphatic rings. The molecule has 0 aromatic heterocycles. The van der Waals surface area contributed by atoms with Crippen LogP contribution < -0.4 is 10.6 Å². The van der Waals surface area contributed by atoms with Gasteiger partial charge in [-0.15, -0.1) is 0 Å². The second-order valence-corrected chi connectivity index (χ2v) is 5.15. The standard InChI is InChI=1S/C14H18N2O3S/c1-9-3-4-11(10(7-9)13(15)20)16-5-6-19-12(8-16)14(17)18-2/h3-4,7,12H,5-6,8H2,1-2H3,(H2,15,20). The number of carbonyl (C=O) groups excluding carboxylic acids is 1. The van der Waals surface area contributed by atoms with Gasteiger partial charge < -0.3 is 20.1 Å². The minimum Gasteiger partial charge on any atom is -0.467 e. The molecule has 0 aliphatic carbocycles. The average molecular weight is 294 g/mol. The molecule has 2 N–H and O–H groups in total. The Morgan fingerprint density at radius 1 is 1.55 bits per heavy atom. The van der Waals surface area contributed by atoms with Crippen LogP contribution in [-0.4, -0.2) is 43.9 Å². The lowest BCUT2D eigenvalue weighted by atomic mass is 10.1. The van der Waals surface area contributed by atoms with E-state index in [2.05, 4.69) is 4.90 Å². The third-order valence-electron chi connectivity index (χ3n) is 3.29. The Morgan fingerprint density at radius 3 is 2.95 bits per heavy atom. The molecular weight excluding hydrogens is 276 g/mol. The molecule has 0 spiro atoms. The van der Waals surface area contributed by atoms with Gasteiger partial charge in [0.2, 0.25) is 0 Å². The Labute approximate surface area is 123 Å². The normalized spacial score (nSPS) is 18.7. The number of nitrogens with zero attached hydrogens (tertiary/aromatic N) is 1. The SMILES string of the molecule is COC(=O)C1CN(c2ccc(C)cc2C(N)=S)CCO1. The van der Waals surface area contributed by atoms with Crippen molar-refractivity contribution in [1.82, 2.24) is 0 Å². The number of methoxy groups -OCH3 is 1. The van der Waals surface area contributed by atoms with Crippen molar-refractivity contribution >= 4 is 28.9 Å². The van der Waals surface area contributed by atoms with E-state index in [9.17, 15) is 4.79 Å². The molecule has 1 atom stereocenters. The van der Waals surface area contributed by atoms with Gasteiger partial charge in [0, 0.05) is 17.8 Å². The molecule has 2 rings (SSSR count). The molecule has 108 valence electrons. The fourth-order valence-electron chi connectivity index (χ4n) is 2.27. The van der Waals surface area contributed by atoms with Crippen LogP contribution in [0.3, 0.4) is 0 Å². The lowest BCUT2D eigenvalue weighted by Crippen LogP contribution is -2.47. The van der Waals surface area contributed by atoms with Crippen LogP contribution in [0, 0.1) is 6.92 Å². The molecule has 1 heterocycles. The van der Waals surface area contributed by atoms with Gasteiger partial charge in [-0.25, -0.2) is 4.79 Å². The minimum atomic E-state index is -0.575. The highest BCUT2D eigenvalue weighted by Crippen LogP contribution is 2.24. The van der Waals surface area contributed by atoms with Gasteiger partial charge >= 0.3 is 5.97 Å². The first-order chi connectivity index (χ1) is 9.52. The summed E-state index contributed by atoms with van der Waals surface area (Å²) in [4.78, 5) is 14.0. The molecule has 1 aliphatic heterocycles. The van der Waals surface area contributed by atoms with E-state index < -0.39 is 6.10 Å². The molecule has 20 heavy (non-hydrogen) atoms. The number of anilines is 1. The largest absolute Gasteiger partial charge is 0.467 e. The van der Waals surface area contributed by atoms with E-state index in [0.717, 1.165) is 16.8 Å². The third-order valence-corrected chi connectivity index (χ3v) is 3.51. The molecule has 1 aromatic rings. The Bertz CT molecular complexity index is 533. The summed E-state index contributed by atoms with van der Waals surface area (Å²) in [7, 11) is 1.36. The van der Waals surface area contributed by atoms with Crippen LogP contribution in [0.1, 0.15) is 11.1 Å². The van der Waals surface area contributed by atoms with Gasteiger partial charge in [-0.2, -0.15) is 0 Å². The van der Waals surface area contributed by atoms with Crippen molar-refractivity contribution in [3.8, 4) is 0 Å². The van der Waals surface area contributed by atoms with Crippen molar-refractivity contribution in [2.45, 2.75) is 13.0 Å². The zero-order valence-electron chi connectivity index (χ0n) is 11.6. The molecule has 1 fully saturated rings. The van der Waals surface area contributed by atoms with Crippen LogP contribution in [0.5, 0.6) is 0 Å². The minimum absolute atomic E-state index is 0.352. The number of ether oxygens (including phenoxy) is 2. The predicted octanol–water partition coefficient (Wildman–Crippen LogP) is 1.01. The number of hydrogen-bond acceptors (Lipinski definition) is 5. The van der Waals surface area contributed by atoms with E-state index in [1.165, 1.54) is 7.11 Å². The summed E-state index contributed by atoms with van der Waals surface area (Å²) in [6.45, 7) is 3.57. The molecule has 5 nitrogen and oxygen atoms in total. The smallest absolute Gasteiger partial charge is 0.336 e. The summed E-state index contributed by atoms with van der Waals surface area (Å²) in [5.74, 6) is -0.362. The zero-order chi connectivity index (χ0) is 14.7. The fourth-order valence-corrected chi connectivity index (χ4v) is 2.43. The van der Waals surface area contributed by atoms with Gasteiger partial charge in [0.05, 0.1) is 20.3 Å². The monoisotopic (exact) mass is 294 g/mol. The average Bonchev–Trinajstić information content (AvgIpc) is 2.46. The second-order valence-electron chi connectivity index (χ2n) is 4.71. The predicted molar refractivity (Wildman–Crippen MR) is 81.0 cm³/mol. The van der Waals surface area contributed by atoms with E-state index in [0.29, 0.717) is 24.7 Å². The van der Waals surface area contributed by atoms with Gasteiger partial charge in [-0.1, -0.05) is 23.8 Å². The van der Waals surface area contributed by atoms with Crippen LogP contribution in [0.4, 0.5) is 5.69 Å². The lowest BCUT2D eigenvalue weighted by molar-refractivity contribution is -0.154. The summed E-state index contributed by atoms with van der Waals surface area (Å²) in [5, 5.41) is 0. The molecule has 0 radical (unpaired) electrons. The van der Waals surface area contributed by atoms with E-state index in [-0.39, 0.29) is 5.97 Å². The topological polar surface area (TPSA) is 64.8 Å². The van der Waals surface area contributed by atoms with Crippen LogP contribution >= 0.6 is 12.2 Å². The van der Waals surface area contributed by atoms with Crippen molar-refractivity contribution in [2.24, 2.45) is 5.73 Å². The Kier molecular flexibility index (Phi) is 4.57. The van der Waals surface area contributed by atoms with Gasteiger partial charge in [0.15, 0.2) is 6.10 Å². The van der Waals surface area contributed by atoms with Crippen molar-refractivity contribution in [2.75, 3.05) is 31.7 Å². The quantitative estimate of drug-likeness (QED) is 0.663. The molecule has 1 unspecified atom stereocenters. The number of benzene rings is 1. The van der Waals surface area contributed by atoms with Gasteiger partial charge in [-0.05, 0) is 19.1 Å². The van der Waals surface area contributed by atoms with Crippen LogP contribution in [-0.2, 0) is 14.3 Å². The maximum atomic E-state index is 11.6. The number of rotatable bonds is 3. The van der Waals surface area contributed by atoms with Crippen LogP contribution in [0.25, 0.3) is 0 Å². The number of morpholine rings is 1. The van der Waals surface area contributed by atoms with Gasteiger partial charge in [0.25, 0.3) is 0 Å². The lowest BCUT2D eigenvalue weighted by Gasteiger charge is -2.34. The first-order valence-electron chi connectivity index (χ1n) is 6.37. The summed E-state index contributed by atoms with van der Waals surface area (Å²) in [6, 6.07) is 5.93. The Balaban J connectivity index is 2.27. The molecule has 0 saturated carbocycles. The summed E-state index contributed by atoms with van der Waals surface area (Å²) in [6.07, 6.45) is -0.575. The van der Waals surface area contributed by atoms with Gasteiger partial charge in [-0.3, -0.25) is 0 Å².